The van der Waals surface area contributed by atoms with Crippen LogP contribution in [0.5, 0.6) is 0 Å². The van der Waals surface area contributed by atoms with Crippen molar-refractivity contribution in [3.63, 3.8) is 0 Å². The number of halogens is 1. The van der Waals surface area contributed by atoms with Crippen LogP contribution in [0.4, 0.5) is 5.82 Å². The number of anilines is 1. The summed E-state index contributed by atoms with van der Waals surface area (Å²) in [7, 11) is 4.50. The lowest BCUT2D eigenvalue weighted by molar-refractivity contribution is -0.0914. The van der Waals surface area contributed by atoms with E-state index in [9.17, 15) is 9.59 Å². The fourth-order valence-corrected chi connectivity index (χ4v) is 2.63. The molecule has 0 unspecified atom stereocenters. The number of hydrogen-bond donors (Lipinski definition) is 1. The quantitative estimate of drug-likeness (QED) is 0.714. The molecule has 0 aliphatic carbocycles. The third-order valence-corrected chi connectivity index (χ3v) is 4.43. The zero-order chi connectivity index (χ0) is 17.7. The van der Waals surface area contributed by atoms with Crippen molar-refractivity contribution >= 4 is 21.7 Å². The monoisotopic (exact) mass is 397 g/mol. The summed E-state index contributed by atoms with van der Waals surface area (Å²) in [6.45, 7) is 0.622. The molecule has 0 spiro atoms. The third-order valence-electron chi connectivity index (χ3n) is 3.66. The number of methoxy groups -OCH3 is 2. The first kappa shape index (κ1) is 18.4. The van der Waals surface area contributed by atoms with Crippen molar-refractivity contribution in [2.75, 3.05) is 26.1 Å². The molecular weight excluding hydrogens is 378 g/mol. The molecule has 0 bridgehead atoms. The summed E-state index contributed by atoms with van der Waals surface area (Å²) in [5, 5.41) is 3.05. The SMILES string of the molecule is COC(CNc1cc(=O)n(C)c(=O)n1Cc1ccccc1Br)OC. The van der Waals surface area contributed by atoms with Crippen LogP contribution in [0.1, 0.15) is 5.56 Å². The summed E-state index contributed by atoms with van der Waals surface area (Å²) < 4.78 is 13.7. The van der Waals surface area contributed by atoms with Gasteiger partial charge in [0.15, 0.2) is 6.29 Å². The number of nitrogens with one attached hydrogen (secondary N) is 1. The first-order chi connectivity index (χ1) is 11.5. The maximum Gasteiger partial charge on any atom is 0.332 e. The smallest absolute Gasteiger partial charge is 0.332 e. The normalized spacial score (nSPS) is 11.0. The van der Waals surface area contributed by atoms with Crippen molar-refractivity contribution in [3.8, 4) is 0 Å². The summed E-state index contributed by atoms with van der Waals surface area (Å²) in [6, 6.07) is 9.00. The van der Waals surface area contributed by atoms with Gasteiger partial charge in [-0.1, -0.05) is 34.1 Å². The number of nitrogens with zero attached hydrogens (tertiary/aromatic N) is 2. The van der Waals surface area contributed by atoms with Crippen molar-refractivity contribution in [1.29, 1.82) is 0 Å². The van der Waals surface area contributed by atoms with Gasteiger partial charge in [0, 0.05) is 31.8 Å². The highest BCUT2D eigenvalue weighted by molar-refractivity contribution is 9.10. The largest absolute Gasteiger partial charge is 0.366 e. The summed E-state index contributed by atoms with van der Waals surface area (Å²) in [5.41, 5.74) is 0.153. The van der Waals surface area contributed by atoms with E-state index >= 15 is 0 Å². The molecular formula is C16H20BrN3O4. The Kier molecular flexibility index (Phi) is 6.36. The van der Waals surface area contributed by atoms with Crippen LogP contribution in [0.2, 0.25) is 0 Å². The van der Waals surface area contributed by atoms with Crippen LogP contribution in [0.15, 0.2) is 44.4 Å². The Morgan fingerprint density at radius 3 is 2.50 bits per heavy atom. The van der Waals surface area contributed by atoms with Gasteiger partial charge < -0.3 is 14.8 Å². The second-order valence-electron chi connectivity index (χ2n) is 5.17. The van der Waals surface area contributed by atoms with E-state index in [1.165, 1.54) is 31.9 Å². The average molecular weight is 398 g/mol. The topological polar surface area (TPSA) is 74.5 Å². The lowest BCUT2D eigenvalue weighted by Gasteiger charge is -2.19. The van der Waals surface area contributed by atoms with Gasteiger partial charge in [-0.3, -0.25) is 13.9 Å². The van der Waals surface area contributed by atoms with Gasteiger partial charge in [-0.2, -0.15) is 0 Å². The minimum Gasteiger partial charge on any atom is -0.366 e. The molecule has 0 saturated heterocycles. The first-order valence-corrected chi connectivity index (χ1v) is 8.11. The Morgan fingerprint density at radius 2 is 1.88 bits per heavy atom. The third kappa shape index (κ3) is 4.14. The van der Waals surface area contributed by atoms with Gasteiger partial charge in [0.25, 0.3) is 5.56 Å². The van der Waals surface area contributed by atoms with Gasteiger partial charge in [-0.15, -0.1) is 0 Å². The van der Waals surface area contributed by atoms with Crippen molar-refractivity contribution in [1.82, 2.24) is 9.13 Å². The zero-order valence-electron chi connectivity index (χ0n) is 13.8. The van der Waals surface area contributed by atoms with Crippen molar-refractivity contribution in [2.24, 2.45) is 7.05 Å². The van der Waals surface area contributed by atoms with Gasteiger partial charge in [-0.25, -0.2) is 4.79 Å². The van der Waals surface area contributed by atoms with E-state index in [0.717, 1.165) is 14.6 Å². The van der Waals surface area contributed by atoms with E-state index in [4.69, 9.17) is 9.47 Å². The Morgan fingerprint density at radius 1 is 1.21 bits per heavy atom. The minimum absolute atomic E-state index is 0.301. The Hall–Kier alpha value is -1.90. The standard InChI is InChI=1S/C16H20BrN3O4/c1-19-14(21)8-13(18-9-15(23-2)24-3)20(16(19)22)10-11-6-4-5-7-12(11)17/h4-8,15,18H,9-10H2,1-3H3. The Balaban J connectivity index is 2.41. The second-order valence-corrected chi connectivity index (χ2v) is 6.02. The molecule has 1 aromatic heterocycles. The number of hydrogen-bond acceptors (Lipinski definition) is 5. The first-order valence-electron chi connectivity index (χ1n) is 7.31. The predicted molar refractivity (Wildman–Crippen MR) is 95.5 cm³/mol. The van der Waals surface area contributed by atoms with Crippen molar-refractivity contribution in [2.45, 2.75) is 12.8 Å². The maximum absolute atomic E-state index is 12.5. The van der Waals surface area contributed by atoms with Crippen LogP contribution < -0.4 is 16.6 Å². The van der Waals surface area contributed by atoms with E-state index in [1.54, 1.807) is 0 Å². The molecule has 2 aromatic rings. The fourth-order valence-electron chi connectivity index (χ4n) is 2.22. The summed E-state index contributed by atoms with van der Waals surface area (Å²) in [4.78, 5) is 24.5. The molecule has 130 valence electrons. The molecule has 0 fully saturated rings. The fraction of sp³-hybridized carbons (Fsp3) is 0.375. The number of benzene rings is 1. The molecule has 2 rings (SSSR count). The second kappa shape index (κ2) is 8.27. The summed E-state index contributed by atoms with van der Waals surface area (Å²) in [5.74, 6) is 0.415. The van der Waals surface area contributed by atoms with E-state index in [1.807, 2.05) is 24.3 Å². The van der Waals surface area contributed by atoms with Crippen LogP contribution in [0, 0.1) is 0 Å². The van der Waals surface area contributed by atoms with Crippen LogP contribution in [0.3, 0.4) is 0 Å². The van der Waals surface area contributed by atoms with E-state index in [-0.39, 0.29) is 5.56 Å². The number of aromatic nitrogens is 2. The van der Waals surface area contributed by atoms with Gasteiger partial charge in [-0.05, 0) is 11.6 Å². The van der Waals surface area contributed by atoms with Gasteiger partial charge >= 0.3 is 5.69 Å². The van der Waals surface area contributed by atoms with E-state index < -0.39 is 12.0 Å². The molecule has 1 N–H and O–H groups in total. The number of rotatable bonds is 7. The summed E-state index contributed by atoms with van der Waals surface area (Å²) >= 11 is 3.48. The molecule has 0 atom stereocenters. The van der Waals surface area contributed by atoms with Gasteiger partial charge in [0.05, 0.1) is 13.1 Å². The molecule has 8 heteroatoms. The Labute approximate surface area is 148 Å². The molecule has 0 aliphatic rings. The molecule has 0 radical (unpaired) electrons. The minimum atomic E-state index is -0.485. The molecule has 1 aromatic carbocycles. The highest BCUT2D eigenvalue weighted by Crippen LogP contribution is 2.17. The average Bonchev–Trinajstić information content (AvgIpc) is 2.58. The Bertz CT molecular complexity index is 812. The van der Waals surface area contributed by atoms with Crippen molar-refractivity contribution in [3.05, 3.63) is 61.2 Å². The lowest BCUT2D eigenvalue weighted by Crippen LogP contribution is -2.39. The van der Waals surface area contributed by atoms with Crippen LogP contribution in [-0.4, -0.2) is 36.2 Å². The zero-order valence-corrected chi connectivity index (χ0v) is 15.4. The molecule has 0 aliphatic heterocycles. The molecule has 7 nitrogen and oxygen atoms in total. The van der Waals surface area contributed by atoms with E-state index in [2.05, 4.69) is 21.2 Å². The molecule has 0 amide bonds. The summed E-state index contributed by atoms with van der Waals surface area (Å²) in [6.07, 6.45) is -0.485. The van der Waals surface area contributed by atoms with Crippen molar-refractivity contribution < 1.29 is 9.47 Å². The van der Waals surface area contributed by atoms with Crippen LogP contribution >= 0.6 is 15.9 Å². The predicted octanol–water partition coefficient (Wildman–Crippen LogP) is 1.39. The highest BCUT2D eigenvalue weighted by atomic mass is 79.9. The van der Waals surface area contributed by atoms with Crippen LogP contribution in [-0.2, 0) is 23.1 Å². The molecule has 0 saturated carbocycles. The van der Waals surface area contributed by atoms with Gasteiger partial charge in [0.1, 0.15) is 5.82 Å². The van der Waals surface area contributed by atoms with Gasteiger partial charge in [0.2, 0.25) is 0 Å². The number of ether oxygens (including phenoxy) is 2. The lowest BCUT2D eigenvalue weighted by atomic mass is 10.2. The molecule has 24 heavy (non-hydrogen) atoms. The maximum atomic E-state index is 12.5. The highest BCUT2D eigenvalue weighted by Gasteiger charge is 2.13. The molecule has 1 heterocycles. The van der Waals surface area contributed by atoms with E-state index in [0.29, 0.717) is 18.9 Å². The van der Waals surface area contributed by atoms with Crippen LogP contribution in [0.25, 0.3) is 0 Å².